The maximum Gasteiger partial charge on any atom is 0.165 e. The zero-order valence-corrected chi connectivity index (χ0v) is 12.1. The highest BCUT2D eigenvalue weighted by atomic mass is 79.9. The van der Waals surface area contributed by atoms with Crippen LogP contribution in [0.5, 0.6) is 0 Å². The quantitative estimate of drug-likeness (QED) is 0.404. The molecule has 2 unspecified atom stereocenters. The maximum atomic E-state index is 8.87. The molecule has 2 N–H and O–H groups in total. The molecule has 0 rings (SSSR count). The first-order valence-electron chi connectivity index (χ1n) is 4.30. The summed E-state index contributed by atoms with van der Waals surface area (Å²) in [6, 6.07) is 0. The maximum absolute atomic E-state index is 8.87. The van der Waals surface area contributed by atoms with Gasteiger partial charge in [0.15, 0.2) is 6.29 Å². The monoisotopic (exact) mass is 380 g/mol. The summed E-state index contributed by atoms with van der Waals surface area (Å²) in [5.41, 5.74) is 0. The van der Waals surface area contributed by atoms with Crippen molar-refractivity contribution in [2.75, 3.05) is 5.33 Å². The lowest BCUT2D eigenvalue weighted by Gasteiger charge is -2.17. The predicted octanol–water partition coefficient (Wildman–Crippen LogP) is 2.78. The summed E-state index contributed by atoms with van der Waals surface area (Å²) in [4.78, 5) is -0.153. The van der Waals surface area contributed by atoms with E-state index < -0.39 is 6.29 Å². The number of hydrogen-bond donors (Lipinski definition) is 2. The molecular formula is C8H15Br3O2. The zero-order valence-electron chi connectivity index (χ0n) is 7.30. The molecule has 0 spiro atoms. The molecule has 0 saturated heterocycles. The molecule has 0 aliphatic carbocycles. The van der Waals surface area contributed by atoms with Gasteiger partial charge in [0.25, 0.3) is 0 Å². The third-order valence-electron chi connectivity index (χ3n) is 1.74. The molecule has 0 aromatic rings. The predicted molar refractivity (Wildman–Crippen MR) is 65.9 cm³/mol. The second-order valence-electron chi connectivity index (χ2n) is 2.91. The van der Waals surface area contributed by atoms with Crippen molar-refractivity contribution in [1.82, 2.24) is 0 Å². The number of aliphatic hydroxyl groups is 2. The highest BCUT2D eigenvalue weighted by molar-refractivity contribution is 9.12. The first-order chi connectivity index (χ1) is 6.09. The highest BCUT2D eigenvalue weighted by Gasteiger charge is 2.21. The van der Waals surface area contributed by atoms with Crippen molar-refractivity contribution in [3.63, 3.8) is 0 Å². The second kappa shape index (κ2) is 8.65. The van der Waals surface area contributed by atoms with E-state index in [-0.39, 0.29) is 9.65 Å². The van der Waals surface area contributed by atoms with E-state index in [1.807, 2.05) is 0 Å². The molecule has 0 fully saturated rings. The van der Waals surface area contributed by atoms with Gasteiger partial charge in [0.2, 0.25) is 0 Å². The van der Waals surface area contributed by atoms with E-state index in [4.69, 9.17) is 10.2 Å². The van der Waals surface area contributed by atoms with Crippen LogP contribution in [0.25, 0.3) is 0 Å². The summed E-state index contributed by atoms with van der Waals surface area (Å²) < 4.78 is 0. The Morgan fingerprint density at radius 1 is 1.00 bits per heavy atom. The summed E-state index contributed by atoms with van der Waals surface area (Å²) in [6.45, 7) is 0. The molecule has 0 aliphatic rings. The first-order valence-corrected chi connectivity index (χ1v) is 7.25. The highest BCUT2D eigenvalue weighted by Crippen LogP contribution is 2.22. The molecule has 0 aromatic carbocycles. The van der Waals surface area contributed by atoms with Gasteiger partial charge in [-0.05, 0) is 12.8 Å². The minimum Gasteiger partial charge on any atom is -0.367 e. The van der Waals surface area contributed by atoms with Crippen LogP contribution >= 0.6 is 47.8 Å². The van der Waals surface area contributed by atoms with E-state index in [0.29, 0.717) is 0 Å². The number of rotatable bonds is 7. The molecule has 80 valence electrons. The van der Waals surface area contributed by atoms with E-state index in [1.165, 1.54) is 12.8 Å². The molecule has 0 heterocycles. The molecule has 5 heteroatoms. The van der Waals surface area contributed by atoms with Gasteiger partial charge in [0.1, 0.15) is 0 Å². The normalized spacial score (nSPS) is 16.2. The van der Waals surface area contributed by atoms with Gasteiger partial charge in [-0.25, -0.2) is 0 Å². The van der Waals surface area contributed by atoms with Gasteiger partial charge in [-0.2, -0.15) is 0 Å². The average Bonchev–Trinajstić information content (AvgIpc) is 2.10. The fourth-order valence-electron chi connectivity index (χ4n) is 0.957. The summed E-state index contributed by atoms with van der Waals surface area (Å²) in [5.74, 6) is 0. The van der Waals surface area contributed by atoms with Crippen LogP contribution in [0.4, 0.5) is 0 Å². The molecule has 0 bridgehead atoms. The summed E-state index contributed by atoms with van der Waals surface area (Å²) >= 11 is 10.0. The van der Waals surface area contributed by atoms with Crippen molar-refractivity contribution in [2.24, 2.45) is 0 Å². The van der Waals surface area contributed by atoms with Gasteiger partial charge < -0.3 is 10.2 Å². The van der Waals surface area contributed by atoms with Gasteiger partial charge in [0.05, 0.1) is 4.83 Å². The van der Waals surface area contributed by atoms with Gasteiger partial charge in [-0.3, -0.25) is 0 Å². The van der Waals surface area contributed by atoms with Crippen molar-refractivity contribution in [2.45, 2.75) is 41.6 Å². The first kappa shape index (κ1) is 14.4. The van der Waals surface area contributed by atoms with Crippen molar-refractivity contribution < 1.29 is 10.2 Å². The molecule has 13 heavy (non-hydrogen) atoms. The van der Waals surface area contributed by atoms with E-state index >= 15 is 0 Å². The molecule has 0 aliphatic heterocycles. The SMILES string of the molecule is OC(O)C(Br)C(Br)CCCCCBr. The Balaban J connectivity index is 3.44. The standard InChI is InChI=1S/C8H15Br3O2/c9-5-3-1-2-4-6(10)7(11)8(12)13/h6-8,12-13H,1-5H2. The van der Waals surface area contributed by atoms with Gasteiger partial charge >= 0.3 is 0 Å². The van der Waals surface area contributed by atoms with Crippen LogP contribution in [-0.2, 0) is 0 Å². The van der Waals surface area contributed by atoms with E-state index in [1.54, 1.807) is 0 Å². The summed E-state index contributed by atoms with van der Waals surface area (Å²) in [6.07, 6.45) is 3.13. The van der Waals surface area contributed by atoms with Crippen molar-refractivity contribution in [3.8, 4) is 0 Å². The van der Waals surface area contributed by atoms with Gasteiger partial charge in [-0.15, -0.1) is 0 Å². The third kappa shape index (κ3) is 7.31. The zero-order chi connectivity index (χ0) is 10.3. The topological polar surface area (TPSA) is 40.5 Å². The average molecular weight is 383 g/mol. The van der Waals surface area contributed by atoms with E-state index in [9.17, 15) is 0 Å². The molecule has 0 radical (unpaired) electrons. The number of hydrogen-bond acceptors (Lipinski definition) is 2. The molecule has 2 nitrogen and oxygen atoms in total. The Bertz CT molecular complexity index is 122. The Morgan fingerprint density at radius 2 is 1.62 bits per heavy atom. The van der Waals surface area contributed by atoms with Crippen LogP contribution in [0, 0.1) is 0 Å². The van der Waals surface area contributed by atoms with Crippen molar-refractivity contribution in [1.29, 1.82) is 0 Å². The Labute approximate surface area is 104 Å². The summed E-state index contributed by atoms with van der Waals surface area (Å²) in [5, 5.41) is 18.8. The van der Waals surface area contributed by atoms with Crippen LogP contribution < -0.4 is 0 Å². The fourth-order valence-corrected chi connectivity index (χ4v) is 2.21. The number of aliphatic hydroxyl groups excluding tert-OH is 1. The summed E-state index contributed by atoms with van der Waals surface area (Å²) in [7, 11) is 0. The molecule has 0 amide bonds. The number of alkyl halides is 3. The fraction of sp³-hybridized carbons (Fsp3) is 1.00. The smallest absolute Gasteiger partial charge is 0.165 e. The van der Waals surface area contributed by atoms with Crippen LogP contribution in [-0.4, -0.2) is 31.5 Å². The van der Waals surface area contributed by atoms with Crippen LogP contribution in [0.2, 0.25) is 0 Å². The van der Waals surface area contributed by atoms with Crippen molar-refractivity contribution >= 4 is 47.8 Å². The van der Waals surface area contributed by atoms with Gasteiger partial charge in [0, 0.05) is 10.2 Å². The van der Waals surface area contributed by atoms with Crippen molar-refractivity contribution in [3.05, 3.63) is 0 Å². The minimum absolute atomic E-state index is 0.128. The number of unbranched alkanes of at least 4 members (excludes halogenated alkanes) is 2. The Kier molecular flexibility index (Phi) is 9.56. The van der Waals surface area contributed by atoms with Gasteiger partial charge in [-0.1, -0.05) is 60.6 Å². The molecule has 2 atom stereocenters. The lowest BCUT2D eigenvalue weighted by atomic mass is 10.1. The van der Waals surface area contributed by atoms with E-state index in [0.717, 1.165) is 18.2 Å². The Morgan fingerprint density at radius 3 is 2.08 bits per heavy atom. The Hall–Kier alpha value is 1.36. The lowest BCUT2D eigenvalue weighted by molar-refractivity contribution is -0.0386. The second-order valence-corrected chi connectivity index (χ2v) is 5.94. The van der Waals surface area contributed by atoms with E-state index in [2.05, 4.69) is 47.8 Å². The third-order valence-corrected chi connectivity index (χ3v) is 5.15. The number of halogens is 3. The largest absolute Gasteiger partial charge is 0.367 e. The molecular weight excluding hydrogens is 368 g/mol. The minimum atomic E-state index is -1.29. The van der Waals surface area contributed by atoms with Crippen LogP contribution in [0.15, 0.2) is 0 Å². The molecule has 0 saturated carbocycles. The lowest BCUT2D eigenvalue weighted by Crippen LogP contribution is -2.28. The van der Waals surface area contributed by atoms with Crippen LogP contribution in [0.1, 0.15) is 25.7 Å². The van der Waals surface area contributed by atoms with Crippen LogP contribution in [0.3, 0.4) is 0 Å². The molecule has 0 aromatic heterocycles.